The number of hydrogen-bond acceptors (Lipinski definition) is 3. The monoisotopic (exact) mass is 438 g/mol. The van der Waals surface area contributed by atoms with Crippen molar-refractivity contribution in [2.45, 2.75) is 6.42 Å². The van der Waals surface area contributed by atoms with E-state index in [0.717, 1.165) is 50.7 Å². The lowest BCUT2D eigenvalue weighted by Gasteiger charge is -2.17. The van der Waals surface area contributed by atoms with Gasteiger partial charge in [0.25, 0.3) is 0 Å². The van der Waals surface area contributed by atoms with E-state index in [1.807, 2.05) is 0 Å². The normalized spacial score (nSPS) is 11.3. The van der Waals surface area contributed by atoms with Gasteiger partial charge in [0.05, 0.1) is 6.61 Å². The highest BCUT2D eigenvalue weighted by molar-refractivity contribution is 14.0. The molecule has 0 aromatic heterocycles. The highest BCUT2D eigenvalue weighted by Crippen LogP contribution is 2.02. The minimum atomic E-state index is -0.202. The van der Waals surface area contributed by atoms with Gasteiger partial charge in [-0.2, -0.15) is 0 Å². The molecule has 0 heterocycles. The molecule has 132 valence electrons. The van der Waals surface area contributed by atoms with Crippen LogP contribution in [0.4, 0.5) is 4.39 Å². The van der Waals surface area contributed by atoms with E-state index in [-0.39, 0.29) is 29.8 Å². The molecule has 0 saturated heterocycles. The van der Waals surface area contributed by atoms with Crippen LogP contribution < -0.4 is 10.6 Å². The molecule has 5 nitrogen and oxygen atoms in total. The Kier molecular flexibility index (Phi) is 13.0. The van der Waals surface area contributed by atoms with Crippen molar-refractivity contribution in [1.82, 2.24) is 15.5 Å². The van der Waals surface area contributed by atoms with Gasteiger partial charge in [0.1, 0.15) is 5.82 Å². The smallest absolute Gasteiger partial charge is 0.191 e. The second-order valence-electron chi connectivity index (χ2n) is 5.10. The summed E-state index contributed by atoms with van der Waals surface area (Å²) in [4.78, 5) is 6.38. The minimum Gasteiger partial charge on any atom is -0.383 e. The minimum absolute atomic E-state index is 0. The van der Waals surface area contributed by atoms with E-state index in [1.165, 1.54) is 12.1 Å². The molecule has 0 fully saturated rings. The predicted molar refractivity (Wildman–Crippen MR) is 104 cm³/mol. The SMILES string of the molecule is CN=C(NCCc1ccc(F)cc1)NCCN(C)CCOC.I. The molecular weight excluding hydrogens is 410 g/mol. The third kappa shape index (κ3) is 10.5. The van der Waals surface area contributed by atoms with Crippen molar-refractivity contribution in [3.63, 3.8) is 0 Å². The fourth-order valence-corrected chi connectivity index (χ4v) is 1.92. The van der Waals surface area contributed by atoms with Gasteiger partial charge in [0.15, 0.2) is 5.96 Å². The molecule has 0 amide bonds. The molecule has 7 heteroatoms. The fourth-order valence-electron chi connectivity index (χ4n) is 1.92. The molecular formula is C16H28FIN4O. The maximum absolute atomic E-state index is 12.8. The number of nitrogens with one attached hydrogen (secondary N) is 2. The van der Waals surface area contributed by atoms with E-state index < -0.39 is 0 Å². The van der Waals surface area contributed by atoms with E-state index in [1.54, 1.807) is 26.3 Å². The van der Waals surface area contributed by atoms with Gasteiger partial charge in [-0.1, -0.05) is 12.1 Å². The zero-order valence-electron chi connectivity index (χ0n) is 14.1. The van der Waals surface area contributed by atoms with E-state index in [0.29, 0.717) is 0 Å². The molecule has 0 spiro atoms. The topological polar surface area (TPSA) is 48.9 Å². The summed E-state index contributed by atoms with van der Waals surface area (Å²) in [5.74, 6) is 0.578. The number of guanidine groups is 1. The molecule has 0 aliphatic heterocycles. The lowest BCUT2D eigenvalue weighted by Crippen LogP contribution is -2.42. The van der Waals surface area contributed by atoms with Crippen LogP contribution in [0.3, 0.4) is 0 Å². The highest BCUT2D eigenvalue weighted by atomic mass is 127. The van der Waals surface area contributed by atoms with Gasteiger partial charge in [-0.05, 0) is 31.2 Å². The van der Waals surface area contributed by atoms with Crippen molar-refractivity contribution < 1.29 is 9.13 Å². The highest BCUT2D eigenvalue weighted by Gasteiger charge is 2.00. The Morgan fingerprint density at radius 3 is 2.43 bits per heavy atom. The maximum Gasteiger partial charge on any atom is 0.191 e. The van der Waals surface area contributed by atoms with E-state index in [9.17, 15) is 4.39 Å². The summed E-state index contributed by atoms with van der Waals surface area (Å²) in [6.07, 6.45) is 0.828. The van der Waals surface area contributed by atoms with Crippen LogP contribution in [0.25, 0.3) is 0 Å². The number of nitrogens with zero attached hydrogens (tertiary/aromatic N) is 2. The molecule has 2 N–H and O–H groups in total. The first-order valence-electron chi connectivity index (χ1n) is 7.52. The van der Waals surface area contributed by atoms with Crippen LogP contribution in [0.1, 0.15) is 5.56 Å². The Bertz CT molecular complexity index is 442. The molecule has 0 atom stereocenters. The van der Waals surface area contributed by atoms with E-state index in [4.69, 9.17) is 4.74 Å². The van der Waals surface area contributed by atoms with Crippen LogP contribution in [-0.4, -0.2) is 64.9 Å². The molecule has 0 radical (unpaired) electrons. The molecule has 0 unspecified atom stereocenters. The van der Waals surface area contributed by atoms with Crippen molar-refractivity contribution in [3.8, 4) is 0 Å². The van der Waals surface area contributed by atoms with Crippen molar-refractivity contribution in [2.24, 2.45) is 4.99 Å². The van der Waals surface area contributed by atoms with Crippen molar-refractivity contribution >= 4 is 29.9 Å². The average Bonchev–Trinajstić information content (AvgIpc) is 2.53. The fraction of sp³-hybridized carbons (Fsp3) is 0.562. The molecule has 0 bridgehead atoms. The van der Waals surface area contributed by atoms with Gasteiger partial charge < -0.3 is 20.3 Å². The summed E-state index contributed by atoms with van der Waals surface area (Å²) < 4.78 is 17.9. The molecule has 0 aliphatic carbocycles. The second-order valence-corrected chi connectivity index (χ2v) is 5.10. The number of ether oxygens (including phenoxy) is 1. The number of likely N-dealkylation sites (N-methyl/N-ethyl adjacent to an activating group) is 1. The summed E-state index contributed by atoms with van der Waals surface area (Å²) in [5.41, 5.74) is 1.10. The van der Waals surface area contributed by atoms with Gasteiger partial charge in [0.2, 0.25) is 0 Å². The predicted octanol–water partition coefficient (Wildman–Crippen LogP) is 1.73. The Morgan fingerprint density at radius 1 is 1.17 bits per heavy atom. The third-order valence-electron chi connectivity index (χ3n) is 3.31. The van der Waals surface area contributed by atoms with Crippen molar-refractivity contribution in [1.29, 1.82) is 0 Å². The largest absolute Gasteiger partial charge is 0.383 e. The first-order valence-corrected chi connectivity index (χ1v) is 7.52. The van der Waals surface area contributed by atoms with Gasteiger partial charge in [0, 0.05) is 40.3 Å². The first-order chi connectivity index (χ1) is 10.7. The summed E-state index contributed by atoms with van der Waals surface area (Å²) >= 11 is 0. The zero-order chi connectivity index (χ0) is 16.2. The van der Waals surface area contributed by atoms with E-state index >= 15 is 0 Å². The number of rotatable bonds is 9. The number of halogens is 2. The molecule has 1 aromatic rings. The van der Waals surface area contributed by atoms with Crippen LogP contribution in [0.2, 0.25) is 0 Å². The summed E-state index contributed by atoms with van der Waals surface area (Å²) in [6.45, 7) is 4.14. The maximum atomic E-state index is 12.8. The molecule has 1 rings (SSSR count). The lowest BCUT2D eigenvalue weighted by atomic mass is 10.1. The number of methoxy groups -OCH3 is 1. The van der Waals surface area contributed by atoms with Gasteiger partial charge in [-0.15, -0.1) is 24.0 Å². The van der Waals surface area contributed by atoms with Gasteiger partial charge in [-0.3, -0.25) is 4.99 Å². The standard InChI is InChI=1S/C16H27FN4O.HI/c1-18-16(20-10-11-21(2)12-13-22-3)19-9-8-14-4-6-15(17)7-5-14;/h4-7H,8-13H2,1-3H3,(H2,18,19,20);1H. The van der Waals surface area contributed by atoms with Crippen LogP contribution in [0, 0.1) is 5.82 Å². The molecule has 0 saturated carbocycles. The molecule has 23 heavy (non-hydrogen) atoms. The summed E-state index contributed by atoms with van der Waals surface area (Å²) in [7, 11) is 5.52. The lowest BCUT2D eigenvalue weighted by molar-refractivity contribution is 0.162. The number of benzene rings is 1. The van der Waals surface area contributed by atoms with Gasteiger partial charge >= 0.3 is 0 Å². The molecule has 1 aromatic carbocycles. The average molecular weight is 438 g/mol. The zero-order valence-corrected chi connectivity index (χ0v) is 16.5. The van der Waals surface area contributed by atoms with Crippen LogP contribution in [0.15, 0.2) is 29.3 Å². The Morgan fingerprint density at radius 2 is 1.83 bits per heavy atom. The quantitative estimate of drug-likeness (QED) is 0.351. The second kappa shape index (κ2) is 13.5. The first kappa shape index (κ1) is 22.1. The summed E-state index contributed by atoms with van der Waals surface area (Å²) in [6, 6.07) is 6.58. The third-order valence-corrected chi connectivity index (χ3v) is 3.31. The van der Waals surface area contributed by atoms with Crippen molar-refractivity contribution in [2.75, 3.05) is 54.0 Å². The number of hydrogen-bond donors (Lipinski definition) is 2. The van der Waals surface area contributed by atoms with Crippen LogP contribution in [0.5, 0.6) is 0 Å². The number of aliphatic imine (C=N–C) groups is 1. The summed E-state index contributed by atoms with van der Waals surface area (Å²) in [5, 5.41) is 6.52. The van der Waals surface area contributed by atoms with Crippen LogP contribution >= 0.6 is 24.0 Å². The van der Waals surface area contributed by atoms with E-state index in [2.05, 4.69) is 27.6 Å². The van der Waals surface area contributed by atoms with Crippen molar-refractivity contribution in [3.05, 3.63) is 35.6 Å². The molecule has 0 aliphatic rings. The Labute approximate surface area is 155 Å². The van der Waals surface area contributed by atoms with Gasteiger partial charge in [-0.25, -0.2) is 4.39 Å². The van der Waals surface area contributed by atoms with Crippen LogP contribution in [-0.2, 0) is 11.2 Å². The Hall–Kier alpha value is -0.930. The Balaban J connectivity index is 0.00000484.